The van der Waals surface area contributed by atoms with Crippen molar-refractivity contribution in [2.24, 2.45) is 0 Å². The van der Waals surface area contributed by atoms with Crippen molar-refractivity contribution in [3.05, 3.63) is 60.2 Å². The Bertz CT molecular complexity index is 624. The van der Waals surface area contributed by atoms with Crippen molar-refractivity contribution < 1.29 is 14.3 Å². The van der Waals surface area contributed by atoms with Gasteiger partial charge in [-0.05, 0) is 29.8 Å². The van der Waals surface area contributed by atoms with Crippen molar-refractivity contribution >= 4 is 11.7 Å². The zero-order chi connectivity index (χ0) is 14.8. The highest BCUT2D eigenvalue weighted by molar-refractivity contribution is 5.88. The number of carbonyl (C=O) groups excluding carboxylic acids is 1. The standard InChI is InChI=1S/C17H17NO3/c1-20-14-10-8-12(9-11-14)15-16(17(19)21-2)18(15)13-6-4-3-5-7-13/h3-11,15-16H,1-2H3/t15-,16+,18?/m1/s1. The largest absolute Gasteiger partial charge is 0.497 e. The number of anilines is 1. The van der Waals surface area contributed by atoms with Gasteiger partial charge in [-0.25, -0.2) is 4.79 Å². The maximum atomic E-state index is 12.0. The van der Waals surface area contributed by atoms with Crippen molar-refractivity contribution in [3.8, 4) is 5.75 Å². The summed E-state index contributed by atoms with van der Waals surface area (Å²) in [6, 6.07) is 17.4. The molecule has 1 aliphatic heterocycles. The molecule has 1 fully saturated rings. The van der Waals surface area contributed by atoms with Crippen molar-refractivity contribution in [1.82, 2.24) is 0 Å². The first-order valence-electron chi connectivity index (χ1n) is 6.81. The van der Waals surface area contributed by atoms with Crippen LogP contribution >= 0.6 is 0 Å². The summed E-state index contributed by atoms with van der Waals surface area (Å²) in [5, 5.41) is 0. The Hall–Kier alpha value is -2.49. The molecule has 0 unspecified atom stereocenters. The fourth-order valence-corrected chi connectivity index (χ4v) is 2.66. The molecule has 1 aliphatic rings. The van der Waals surface area contributed by atoms with Crippen LogP contribution in [0.25, 0.3) is 0 Å². The lowest BCUT2D eigenvalue weighted by molar-refractivity contribution is -0.139. The molecule has 1 heterocycles. The maximum Gasteiger partial charge on any atom is 0.331 e. The van der Waals surface area contributed by atoms with Crippen molar-refractivity contribution in [3.63, 3.8) is 0 Å². The van der Waals surface area contributed by atoms with Crippen LogP contribution in [0, 0.1) is 0 Å². The number of carbonyl (C=O) groups is 1. The van der Waals surface area contributed by atoms with Gasteiger partial charge in [-0.15, -0.1) is 0 Å². The normalized spacial score (nSPS) is 20.0. The molecule has 2 atom stereocenters. The van der Waals surface area contributed by atoms with Gasteiger partial charge >= 0.3 is 5.97 Å². The van der Waals surface area contributed by atoms with E-state index in [0.29, 0.717) is 0 Å². The van der Waals surface area contributed by atoms with E-state index in [-0.39, 0.29) is 18.1 Å². The molecule has 0 aromatic heterocycles. The molecule has 3 rings (SSSR count). The molecular weight excluding hydrogens is 266 g/mol. The highest BCUT2D eigenvalue weighted by atomic mass is 16.5. The van der Waals surface area contributed by atoms with E-state index in [2.05, 4.69) is 4.90 Å². The maximum absolute atomic E-state index is 12.0. The van der Waals surface area contributed by atoms with E-state index in [1.165, 1.54) is 7.11 Å². The van der Waals surface area contributed by atoms with Gasteiger partial charge in [0.2, 0.25) is 0 Å². The number of esters is 1. The summed E-state index contributed by atoms with van der Waals surface area (Å²) in [4.78, 5) is 14.0. The predicted molar refractivity (Wildman–Crippen MR) is 80.5 cm³/mol. The lowest BCUT2D eigenvalue weighted by Gasteiger charge is -2.06. The Morgan fingerprint density at radius 2 is 1.67 bits per heavy atom. The number of para-hydroxylation sites is 1. The van der Waals surface area contributed by atoms with Gasteiger partial charge in [-0.3, -0.25) is 0 Å². The SMILES string of the molecule is COC(=O)[C@@H]1[C@@H](c2ccc(OC)cc2)N1c1ccccc1. The summed E-state index contributed by atoms with van der Waals surface area (Å²) in [7, 11) is 3.06. The summed E-state index contributed by atoms with van der Waals surface area (Å²) in [5.74, 6) is 0.597. The number of benzene rings is 2. The van der Waals surface area contributed by atoms with Gasteiger partial charge in [0, 0.05) is 5.69 Å². The minimum absolute atomic E-state index is 0.0192. The smallest absolute Gasteiger partial charge is 0.331 e. The molecule has 0 aliphatic carbocycles. The van der Waals surface area contributed by atoms with E-state index >= 15 is 0 Å². The zero-order valence-electron chi connectivity index (χ0n) is 12.0. The summed E-state index contributed by atoms with van der Waals surface area (Å²) in [5.41, 5.74) is 2.10. The van der Waals surface area contributed by atoms with E-state index in [1.807, 2.05) is 54.6 Å². The number of hydrogen-bond acceptors (Lipinski definition) is 4. The quantitative estimate of drug-likeness (QED) is 0.639. The Morgan fingerprint density at radius 3 is 2.24 bits per heavy atom. The fourth-order valence-electron chi connectivity index (χ4n) is 2.66. The second kappa shape index (κ2) is 5.48. The molecular formula is C17H17NO3. The van der Waals surface area contributed by atoms with Gasteiger partial charge in [0.15, 0.2) is 6.04 Å². The van der Waals surface area contributed by atoms with E-state index in [9.17, 15) is 4.79 Å². The van der Waals surface area contributed by atoms with Crippen LogP contribution < -0.4 is 9.64 Å². The van der Waals surface area contributed by atoms with Gasteiger partial charge < -0.3 is 14.4 Å². The van der Waals surface area contributed by atoms with Gasteiger partial charge in [0.25, 0.3) is 0 Å². The van der Waals surface area contributed by atoms with Crippen LogP contribution in [0.1, 0.15) is 11.6 Å². The molecule has 4 heteroatoms. The molecule has 0 amide bonds. The zero-order valence-corrected chi connectivity index (χ0v) is 12.0. The van der Waals surface area contributed by atoms with Gasteiger partial charge in [0.1, 0.15) is 5.75 Å². The van der Waals surface area contributed by atoms with Crippen LogP contribution in [0.15, 0.2) is 54.6 Å². The lowest BCUT2D eigenvalue weighted by atomic mass is 10.1. The molecule has 108 valence electrons. The van der Waals surface area contributed by atoms with Crippen LogP contribution in [0.5, 0.6) is 5.75 Å². The van der Waals surface area contributed by atoms with E-state index in [4.69, 9.17) is 9.47 Å². The highest BCUT2D eigenvalue weighted by Crippen LogP contribution is 2.47. The minimum Gasteiger partial charge on any atom is -0.497 e. The average molecular weight is 283 g/mol. The monoisotopic (exact) mass is 283 g/mol. The molecule has 2 aromatic rings. The Balaban J connectivity index is 1.90. The first-order chi connectivity index (χ1) is 10.3. The molecule has 21 heavy (non-hydrogen) atoms. The third-order valence-electron chi connectivity index (χ3n) is 3.76. The number of rotatable bonds is 4. The van der Waals surface area contributed by atoms with Gasteiger partial charge in [0.05, 0.1) is 20.3 Å². The van der Waals surface area contributed by atoms with E-state index in [0.717, 1.165) is 17.0 Å². The third-order valence-corrected chi connectivity index (χ3v) is 3.76. The number of methoxy groups -OCH3 is 2. The number of ether oxygens (including phenoxy) is 2. The summed E-state index contributed by atoms with van der Waals surface area (Å²) in [6.45, 7) is 0. The van der Waals surface area contributed by atoms with Crippen LogP contribution in [0.4, 0.5) is 5.69 Å². The van der Waals surface area contributed by atoms with Crippen molar-refractivity contribution in [2.45, 2.75) is 12.1 Å². The Morgan fingerprint density at radius 1 is 1.00 bits per heavy atom. The Kier molecular flexibility index (Phi) is 3.52. The molecule has 4 nitrogen and oxygen atoms in total. The van der Waals surface area contributed by atoms with Crippen LogP contribution in [0.3, 0.4) is 0 Å². The van der Waals surface area contributed by atoms with Crippen LogP contribution in [0.2, 0.25) is 0 Å². The average Bonchev–Trinajstić information content (AvgIpc) is 3.30. The molecule has 1 saturated heterocycles. The lowest BCUT2D eigenvalue weighted by Crippen LogP contribution is -2.13. The second-order valence-electron chi connectivity index (χ2n) is 4.93. The van der Waals surface area contributed by atoms with Crippen LogP contribution in [-0.2, 0) is 9.53 Å². The molecule has 0 bridgehead atoms. The first-order valence-corrected chi connectivity index (χ1v) is 6.81. The van der Waals surface area contributed by atoms with Crippen molar-refractivity contribution in [1.29, 1.82) is 0 Å². The number of nitrogens with zero attached hydrogens (tertiary/aromatic N) is 1. The summed E-state index contributed by atoms with van der Waals surface area (Å²) >= 11 is 0. The number of hydrogen-bond donors (Lipinski definition) is 0. The predicted octanol–water partition coefficient (Wildman–Crippen LogP) is 2.80. The third kappa shape index (κ3) is 2.44. The fraction of sp³-hybridized carbons (Fsp3) is 0.235. The topological polar surface area (TPSA) is 38.5 Å². The second-order valence-corrected chi connectivity index (χ2v) is 4.93. The molecule has 0 saturated carbocycles. The first kappa shape index (κ1) is 13.5. The molecule has 0 N–H and O–H groups in total. The molecule has 2 aromatic carbocycles. The highest BCUT2D eigenvalue weighted by Gasteiger charge is 2.54. The van der Waals surface area contributed by atoms with Gasteiger partial charge in [-0.1, -0.05) is 30.3 Å². The minimum atomic E-state index is -0.259. The van der Waals surface area contributed by atoms with Gasteiger partial charge in [-0.2, -0.15) is 0 Å². The summed E-state index contributed by atoms with van der Waals surface area (Å²) < 4.78 is 10.1. The summed E-state index contributed by atoms with van der Waals surface area (Å²) in [6.07, 6.45) is 0. The molecule has 0 radical (unpaired) electrons. The Labute approximate surface area is 123 Å². The van der Waals surface area contributed by atoms with Crippen LogP contribution in [-0.4, -0.2) is 26.2 Å². The van der Waals surface area contributed by atoms with E-state index in [1.54, 1.807) is 7.11 Å². The van der Waals surface area contributed by atoms with Crippen molar-refractivity contribution in [2.75, 3.05) is 19.1 Å². The van der Waals surface area contributed by atoms with E-state index < -0.39 is 0 Å². The molecule has 0 spiro atoms.